The fourth-order valence-electron chi connectivity index (χ4n) is 5.15. The fourth-order valence-corrected chi connectivity index (χ4v) is 5.38. The molecule has 0 spiro atoms. The molecule has 1 fully saturated rings. The molecule has 39 heavy (non-hydrogen) atoms. The molecule has 7 nitrogen and oxygen atoms in total. The Kier molecular flexibility index (Phi) is 8.21. The van der Waals surface area contributed by atoms with E-state index in [0.29, 0.717) is 17.0 Å². The van der Waals surface area contributed by atoms with Crippen LogP contribution in [0.3, 0.4) is 0 Å². The van der Waals surface area contributed by atoms with E-state index in [2.05, 4.69) is 18.7 Å². The molecule has 3 aromatic rings. The van der Waals surface area contributed by atoms with Crippen molar-refractivity contribution in [2.24, 2.45) is 0 Å². The summed E-state index contributed by atoms with van der Waals surface area (Å²) in [6, 6.07) is 15.6. The largest absolute Gasteiger partial charge is 0.507 e. The lowest BCUT2D eigenvalue weighted by atomic mass is 9.94. The first kappa shape index (κ1) is 28.0. The number of halogens is 1. The summed E-state index contributed by atoms with van der Waals surface area (Å²) >= 11 is 6.28. The average molecular weight is 549 g/mol. The lowest BCUT2D eigenvalue weighted by Crippen LogP contribution is -2.29. The molecule has 1 aliphatic rings. The molecule has 1 atom stereocenters. The summed E-state index contributed by atoms with van der Waals surface area (Å²) in [4.78, 5) is 30.9. The number of aryl methyl sites for hydroxylation is 2. The highest BCUT2D eigenvalue weighted by molar-refractivity contribution is 6.51. The molecule has 204 valence electrons. The van der Waals surface area contributed by atoms with E-state index in [-0.39, 0.29) is 27.7 Å². The minimum Gasteiger partial charge on any atom is -0.507 e. The molecule has 0 bridgehead atoms. The zero-order chi connectivity index (χ0) is 28.4. The van der Waals surface area contributed by atoms with Crippen LogP contribution in [-0.4, -0.2) is 44.1 Å². The molecule has 1 saturated heterocycles. The summed E-state index contributed by atoms with van der Waals surface area (Å²) in [6.45, 7) is 9.72. The molecule has 0 saturated carbocycles. The van der Waals surface area contributed by atoms with Crippen molar-refractivity contribution in [1.82, 2.24) is 0 Å². The van der Waals surface area contributed by atoms with Crippen LogP contribution in [-0.2, 0) is 9.59 Å². The van der Waals surface area contributed by atoms with E-state index in [1.165, 1.54) is 31.3 Å². The van der Waals surface area contributed by atoms with Crippen LogP contribution >= 0.6 is 11.6 Å². The Morgan fingerprint density at radius 1 is 0.923 bits per heavy atom. The lowest BCUT2D eigenvalue weighted by Gasteiger charge is -2.27. The number of methoxy groups -OCH3 is 2. The highest BCUT2D eigenvalue weighted by Crippen LogP contribution is 2.45. The van der Waals surface area contributed by atoms with Crippen molar-refractivity contribution < 1.29 is 24.2 Å². The van der Waals surface area contributed by atoms with Gasteiger partial charge in [0.25, 0.3) is 11.7 Å². The third-order valence-corrected chi connectivity index (χ3v) is 7.29. The summed E-state index contributed by atoms with van der Waals surface area (Å²) in [7, 11) is 2.89. The van der Waals surface area contributed by atoms with Gasteiger partial charge in [-0.3, -0.25) is 14.5 Å². The van der Waals surface area contributed by atoms with Crippen molar-refractivity contribution in [3.63, 3.8) is 0 Å². The molecule has 1 amide bonds. The molecule has 0 radical (unpaired) electrons. The number of anilines is 2. The van der Waals surface area contributed by atoms with Crippen LogP contribution in [0.5, 0.6) is 11.5 Å². The van der Waals surface area contributed by atoms with Gasteiger partial charge in [-0.25, -0.2) is 0 Å². The minimum atomic E-state index is -0.872. The smallest absolute Gasteiger partial charge is 0.300 e. The molecule has 0 aliphatic carbocycles. The lowest BCUT2D eigenvalue weighted by molar-refractivity contribution is -0.132. The number of ether oxygens (including phenoxy) is 2. The van der Waals surface area contributed by atoms with Crippen LogP contribution in [0.25, 0.3) is 5.76 Å². The van der Waals surface area contributed by atoms with E-state index in [4.69, 9.17) is 21.1 Å². The van der Waals surface area contributed by atoms with Crippen molar-refractivity contribution in [2.75, 3.05) is 37.1 Å². The number of ketones is 1. The Morgan fingerprint density at radius 3 is 2.05 bits per heavy atom. The summed E-state index contributed by atoms with van der Waals surface area (Å²) in [5.41, 5.74) is 4.34. The minimum absolute atomic E-state index is 0.0441. The molecule has 8 heteroatoms. The van der Waals surface area contributed by atoms with Crippen LogP contribution in [0.15, 0.2) is 60.2 Å². The maximum atomic E-state index is 13.6. The first-order valence-electron chi connectivity index (χ1n) is 12.8. The van der Waals surface area contributed by atoms with E-state index < -0.39 is 17.7 Å². The van der Waals surface area contributed by atoms with Crippen LogP contribution < -0.4 is 19.3 Å². The second-order valence-electron chi connectivity index (χ2n) is 9.47. The summed E-state index contributed by atoms with van der Waals surface area (Å²) < 4.78 is 10.8. The molecule has 1 heterocycles. The quantitative estimate of drug-likeness (QED) is 0.198. The first-order chi connectivity index (χ1) is 18.6. The molecule has 1 unspecified atom stereocenters. The Morgan fingerprint density at radius 2 is 1.51 bits per heavy atom. The van der Waals surface area contributed by atoms with E-state index in [9.17, 15) is 14.7 Å². The maximum Gasteiger partial charge on any atom is 0.300 e. The molecule has 4 rings (SSSR count). The highest BCUT2D eigenvalue weighted by atomic mass is 35.5. The number of aliphatic hydroxyl groups excluding tert-OH is 1. The molecule has 1 aliphatic heterocycles. The van der Waals surface area contributed by atoms with E-state index in [1.54, 1.807) is 0 Å². The zero-order valence-electron chi connectivity index (χ0n) is 23.0. The van der Waals surface area contributed by atoms with Gasteiger partial charge in [-0.2, -0.15) is 0 Å². The molecule has 0 aromatic heterocycles. The van der Waals surface area contributed by atoms with Crippen LogP contribution in [0.4, 0.5) is 11.4 Å². The van der Waals surface area contributed by atoms with Crippen LogP contribution in [0.2, 0.25) is 5.02 Å². The number of aliphatic hydroxyl groups is 1. The standard InChI is InChI=1S/C31H33ClN2O5/c1-7-33(8-2)21-11-9-20(10-12-21)28-27(29(35)23-16-26(39-6)24(32)17-25(23)38-5)30(36)31(37)34(28)22-14-18(3)13-19(4)15-22/h9-17,28,35H,7-8H2,1-6H3/b29-27+. The third kappa shape index (κ3) is 5.19. The van der Waals surface area contributed by atoms with E-state index >= 15 is 0 Å². The SMILES string of the molecule is CCN(CC)c1ccc(C2/C(=C(\O)c3cc(OC)c(Cl)cc3OC)C(=O)C(=O)N2c2cc(C)cc(C)c2)cc1. The van der Waals surface area contributed by atoms with Crippen LogP contribution in [0, 0.1) is 13.8 Å². The Bertz CT molecular complexity index is 1420. The van der Waals surface area contributed by atoms with E-state index in [1.807, 2.05) is 56.3 Å². The summed E-state index contributed by atoms with van der Waals surface area (Å²) in [5.74, 6) is -1.35. The Labute approximate surface area is 234 Å². The molecule has 1 N–H and O–H groups in total. The number of Topliss-reactive ketones (excluding diaryl/α,β-unsaturated/α-hetero) is 1. The van der Waals surface area contributed by atoms with Crippen molar-refractivity contribution in [1.29, 1.82) is 0 Å². The monoisotopic (exact) mass is 548 g/mol. The van der Waals surface area contributed by atoms with Gasteiger partial charge in [-0.1, -0.05) is 29.8 Å². The second-order valence-corrected chi connectivity index (χ2v) is 9.87. The van der Waals surface area contributed by atoms with Crippen molar-refractivity contribution in [2.45, 2.75) is 33.7 Å². The number of benzene rings is 3. The molecular weight excluding hydrogens is 516 g/mol. The van der Waals surface area contributed by atoms with Gasteiger partial charge in [0.1, 0.15) is 17.3 Å². The van der Waals surface area contributed by atoms with Gasteiger partial charge in [0.2, 0.25) is 0 Å². The van der Waals surface area contributed by atoms with Gasteiger partial charge in [-0.15, -0.1) is 0 Å². The molecular formula is C31H33ClN2O5. The van der Waals surface area contributed by atoms with Crippen LogP contribution in [0.1, 0.15) is 42.1 Å². The average Bonchev–Trinajstić information content (AvgIpc) is 3.18. The fraction of sp³-hybridized carbons (Fsp3) is 0.290. The third-order valence-electron chi connectivity index (χ3n) is 7.00. The Hall–Kier alpha value is -3.97. The van der Waals surface area contributed by atoms with Gasteiger partial charge < -0.3 is 19.5 Å². The maximum absolute atomic E-state index is 13.6. The number of carbonyl (C=O) groups is 2. The zero-order valence-corrected chi connectivity index (χ0v) is 23.8. The van der Waals surface area contributed by atoms with Gasteiger partial charge in [0.15, 0.2) is 0 Å². The predicted molar refractivity (Wildman–Crippen MR) is 155 cm³/mol. The van der Waals surface area contributed by atoms with Gasteiger partial charge in [0.05, 0.1) is 36.4 Å². The van der Waals surface area contributed by atoms with Crippen molar-refractivity contribution >= 4 is 40.4 Å². The number of carbonyl (C=O) groups excluding carboxylic acids is 2. The second kappa shape index (κ2) is 11.4. The molecule has 3 aromatic carbocycles. The number of rotatable bonds is 8. The van der Waals surface area contributed by atoms with Gasteiger partial charge in [0, 0.05) is 30.5 Å². The number of nitrogens with zero attached hydrogens (tertiary/aromatic N) is 2. The number of amides is 1. The number of hydrogen-bond donors (Lipinski definition) is 1. The summed E-state index contributed by atoms with van der Waals surface area (Å²) in [5, 5.41) is 11.9. The van der Waals surface area contributed by atoms with E-state index in [0.717, 1.165) is 29.9 Å². The summed E-state index contributed by atoms with van der Waals surface area (Å²) in [6.07, 6.45) is 0. The van der Waals surface area contributed by atoms with Crippen molar-refractivity contribution in [3.8, 4) is 11.5 Å². The topological polar surface area (TPSA) is 79.3 Å². The normalized spacial score (nSPS) is 16.5. The van der Waals surface area contributed by atoms with Gasteiger partial charge in [-0.05, 0) is 74.7 Å². The Balaban J connectivity index is 1.98. The van der Waals surface area contributed by atoms with Crippen molar-refractivity contribution in [3.05, 3.63) is 87.4 Å². The predicted octanol–water partition coefficient (Wildman–Crippen LogP) is 6.45. The first-order valence-corrected chi connectivity index (χ1v) is 13.2. The number of hydrogen-bond acceptors (Lipinski definition) is 6. The van der Waals surface area contributed by atoms with Gasteiger partial charge >= 0.3 is 0 Å². The highest BCUT2D eigenvalue weighted by Gasteiger charge is 2.47.